The number of benzene rings is 2. The minimum Gasteiger partial charge on any atom is -0.355 e. The van der Waals surface area contributed by atoms with Gasteiger partial charge in [0.2, 0.25) is 5.91 Å². The molecule has 4 heteroatoms. The van der Waals surface area contributed by atoms with Gasteiger partial charge in [-0.3, -0.25) is 9.59 Å². The number of ketones is 1. The molecule has 0 aliphatic heterocycles. The topological polar surface area (TPSA) is 46.2 Å². The van der Waals surface area contributed by atoms with Gasteiger partial charge in [0.25, 0.3) is 0 Å². The van der Waals surface area contributed by atoms with E-state index >= 15 is 0 Å². The fraction of sp³-hybridized carbons (Fsp3) is 0.364. The average Bonchev–Trinajstić information content (AvgIpc) is 2.60. The van der Waals surface area contributed by atoms with Crippen LogP contribution in [0.1, 0.15) is 53.7 Å². The molecule has 2 aromatic carbocycles. The summed E-state index contributed by atoms with van der Waals surface area (Å²) in [4.78, 5) is 24.4. The third kappa shape index (κ3) is 5.01. The van der Waals surface area contributed by atoms with Gasteiger partial charge in [-0.1, -0.05) is 44.2 Å². The summed E-state index contributed by atoms with van der Waals surface area (Å²) in [6.07, 6.45) is 0.285. The third-order valence-corrected chi connectivity index (χ3v) is 4.74. The molecule has 0 heterocycles. The van der Waals surface area contributed by atoms with E-state index in [4.69, 9.17) is 0 Å². The number of hydrogen-bond donors (Lipinski definition) is 1. The lowest BCUT2D eigenvalue weighted by Gasteiger charge is -2.26. The van der Waals surface area contributed by atoms with Gasteiger partial charge in [-0.2, -0.15) is 0 Å². The van der Waals surface area contributed by atoms with E-state index in [0.717, 1.165) is 11.1 Å². The molecule has 1 amide bonds. The lowest BCUT2D eigenvalue weighted by atomic mass is 9.84. The van der Waals surface area contributed by atoms with Gasteiger partial charge in [0.15, 0.2) is 5.78 Å². The van der Waals surface area contributed by atoms with Gasteiger partial charge < -0.3 is 5.32 Å². The monoisotopic (exact) mass is 355 g/mol. The summed E-state index contributed by atoms with van der Waals surface area (Å²) >= 11 is 0. The highest BCUT2D eigenvalue weighted by Gasteiger charge is 2.24. The zero-order chi connectivity index (χ0) is 19.3. The molecule has 3 nitrogen and oxygen atoms in total. The van der Waals surface area contributed by atoms with Crippen LogP contribution < -0.4 is 5.32 Å². The minimum absolute atomic E-state index is 0.0448. The first-order chi connectivity index (χ1) is 12.2. The second-order valence-electron chi connectivity index (χ2n) is 7.36. The quantitative estimate of drug-likeness (QED) is 0.743. The number of hydrogen-bond acceptors (Lipinski definition) is 2. The first kappa shape index (κ1) is 19.8. The zero-order valence-corrected chi connectivity index (χ0v) is 15.9. The van der Waals surface area contributed by atoms with Crippen molar-refractivity contribution in [3.8, 4) is 0 Å². The SMILES string of the molecule is Cc1ccc(C(=O)CCC(=O)NCC(C)(C)c2ccccc2F)cc1C. The molecule has 0 saturated heterocycles. The van der Waals surface area contributed by atoms with Gasteiger partial charge in [-0.05, 0) is 42.7 Å². The average molecular weight is 355 g/mol. The molecule has 0 radical (unpaired) electrons. The maximum absolute atomic E-state index is 14.0. The van der Waals surface area contributed by atoms with Crippen molar-refractivity contribution in [2.45, 2.75) is 46.0 Å². The van der Waals surface area contributed by atoms with E-state index in [2.05, 4.69) is 5.32 Å². The van der Waals surface area contributed by atoms with Gasteiger partial charge in [0.1, 0.15) is 5.82 Å². The lowest BCUT2D eigenvalue weighted by molar-refractivity contribution is -0.121. The van der Waals surface area contributed by atoms with E-state index in [-0.39, 0.29) is 30.3 Å². The fourth-order valence-electron chi connectivity index (χ4n) is 2.80. The van der Waals surface area contributed by atoms with Crippen molar-refractivity contribution in [2.24, 2.45) is 0 Å². The number of carbonyl (C=O) groups is 2. The van der Waals surface area contributed by atoms with E-state index in [1.165, 1.54) is 6.07 Å². The summed E-state index contributed by atoms with van der Waals surface area (Å²) in [5, 5.41) is 2.82. The molecule has 2 aromatic rings. The Balaban J connectivity index is 1.88. The molecule has 0 atom stereocenters. The zero-order valence-electron chi connectivity index (χ0n) is 15.9. The van der Waals surface area contributed by atoms with Gasteiger partial charge >= 0.3 is 0 Å². The number of aryl methyl sites for hydroxylation is 2. The Bertz CT molecular complexity index is 812. The summed E-state index contributed by atoms with van der Waals surface area (Å²) in [6.45, 7) is 8.03. The third-order valence-electron chi connectivity index (χ3n) is 4.74. The number of rotatable bonds is 7. The Labute approximate surface area is 154 Å². The van der Waals surface area contributed by atoms with Gasteiger partial charge in [-0.15, -0.1) is 0 Å². The fourth-order valence-corrected chi connectivity index (χ4v) is 2.80. The van der Waals surface area contributed by atoms with Gasteiger partial charge in [0, 0.05) is 30.4 Å². The van der Waals surface area contributed by atoms with E-state index < -0.39 is 5.41 Å². The highest BCUT2D eigenvalue weighted by molar-refractivity contribution is 5.98. The number of amides is 1. The molecule has 0 fully saturated rings. The normalized spacial score (nSPS) is 11.3. The first-order valence-electron chi connectivity index (χ1n) is 8.83. The second kappa shape index (κ2) is 8.26. The molecule has 1 N–H and O–H groups in total. The highest BCUT2D eigenvalue weighted by atomic mass is 19.1. The van der Waals surface area contributed by atoms with Crippen LogP contribution in [0, 0.1) is 19.7 Å². The minimum atomic E-state index is -0.529. The lowest BCUT2D eigenvalue weighted by Crippen LogP contribution is -2.37. The highest BCUT2D eigenvalue weighted by Crippen LogP contribution is 2.24. The molecule has 0 aliphatic carbocycles. The predicted molar refractivity (Wildman–Crippen MR) is 102 cm³/mol. The Morgan fingerprint density at radius 3 is 2.35 bits per heavy atom. The summed E-state index contributed by atoms with van der Waals surface area (Å²) in [5.41, 5.74) is 2.86. The van der Waals surface area contributed by atoms with Crippen molar-refractivity contribution in [3.05, 3.63) is 70.5 Å². The van der Waals surface area contributed by atoms with Crippen molar-refractivity contribution in [2.75, 3.05) is 6.54 Å². The molecule has 2 rings (SSSR count). The maximum Gasteiger partial charge on any atom is 0.220 e. The summed E-state index contributed by atoms with van der Waals surface area (Å²) in [5.74, 6) is -0.528. The van der Waals surface area contributed by atoms with Crippen molar-refractivity contribution in [3.63, 3.8) is 0 Å². The van der Waals surface area contributed by atoms with Crippen LogP contribution in [0.25, 0.3) is 0 Å². The number of halogens is 1. The van der Waals surface area contributed by atoms with E-state index in [1.54, 1.807) is 24.3 Å². The smallest absolute Gasteiger partial charge is 0.220 e. The Hall–Kier alpha value is -2.49. The van der Waals surface area contributed by atoms with E-state index in [9.17, 15) is 14.0 Å². The van der Waals surface area contributed by atoms with Crippen LogP contribution in [0.4, 0.5) is 4.39 Å². The van der Waals surface area contributed by atoms with E-state index in [0.29, 0.717) is 17.7 Å². The van der Waals surface area contributed by atoms with Crippen LogP contribution in [0.5, 0.6) is 0 Å². The van der Waals surface area contributed by atoms with Crippen LogP contribution in [-0.2, 0) is 10.2 Å². The summed E-state index contributed by atoms with van der Waals surface area (Å²) in [7, 11) is 0. The van der Waals surface area contributed by atoms with Crippen LogP contribution >= 0.6 is 0 Å². The Morgan fingerprint density at radius 2 is 1.69 bits per heavy atom. The molecular weight excluding hydrogens is 329 g/mol. The molecule has 0 aliphatic rings. The molecular formula is C22H26FNO2. The van der Waals surface area contributed by atoms with E-state index in [1.807, 2.05) is 39.8 Å². The van der Waals surface area contributed by atoms with Crippen LogP contribution in [-0.4, -0.2) is 18.2 Å². The Morgan fingerprint density at radius 1 is 1.00 bits per heavy atom. The molecule has 0 bridgehead atoms. The summed E-state index contributed by atoms with van der Waals surface area (Å²) in [6, 6.07) is 12.1. The molecule has 0 saturated carbocycles. The molecule has 138 valence electrons. The van der Waals surface area contributed by atoms with Crippen molar-refractivity contribution in [1.29, 1.82) is 0 Å². The number of carbonyl (C=O) groups excluding carboxylic acids is 2. The summed E-state index contributed by atoms with van der Waals surface area (Å²) < 4.78 is 14.0. The van der Waals surface area contributed by atoms with Crippen LogP contribution in [0.15, 0.2) is 42.5 Å². The molecule has 0 unspecified atom stereocenters. The van der Waals surface area contributed by atoms with Crippen LogP contribution in [0.3, 0.4) is 0 Å². The number of nitrogens with one attached hydrogen (secondary N) is 1. The second-order valence-corrected chi connectivity index (χ2v) is 7.36. The largest absolute Gasteiger partial charge is 0.355 e. The maximum atomic E-state index is 14.0. The van der Waals surface area contributed by atoms with Crippen molar-refractivity contribution < 1.29 is 14.0 Å². The Kier molecular flexibility index (Phi) is 6.30. The van der Waals surface area contributed by atoms with Crippen molar-refractivity contribution in [1.82, 2.24) is 5.32 Å². The number of Topliss-reactive ketones (excluding diaryl/α,β-unsaturated/α-hetero) is 1. The molecule has 26 heavy (non-hydrogen) atoms. The van der Waals surface area contributed by atoms with Gasteiger partial charge in [0.05, 0.1) is 0 Å². The first-order valence-corrected chi connectivity index (χ1v) is 8.83. The van der Waals surface area contributed by atoms with Crippen molar-refractivity contribution >= 4 is 11.7 Å². The predicted octanol–water partition coefficient (Wildman–Crippen LogP) is 4.50. The van der Waals surface area contributed by atoms with Gasteiger partial charge in [-0.25, -0.2) is 4.39 Å². The van der Waals surface area contributed by atoms with Crippen LogP contribution in [0.2, 0.25) is 0 Å². The standard InChI is InChI=1S/C22H26FNO2/c1-15-9-10-17(13-16(15)2)20(25)11-12-21(26)24-14-22(3,4)18-7-5-6-8-19(18)23/h5-10,13H,11-12,14H2,1-4H3,(H,24,26). The molecule has 0 aromatic heterocycles. The molecule has 0 spiro atoms.